The van der Waals surface area contributed by atoms with E-state index in [9.17, 15) is 8.42 Å². The van der Waals surface area contributed by atoms with E-state index >= 15 is 0 Å². The van der Waals surface area contributed by atoms with Gasteiger partial charge in [-0.1, -0.05) is 24.3 Å². The lowest BCUT2D eigenvalue weighted by molar-refractivity contribution is 0.264. The van der Waals surface area contributed by atoms with Crippen LogP contribution in [0.4, 0.5) is 0 Å². The van der Waals surface area contributed by atoms with Crippen LogP contribution in [0.2, 0.25) is 0 Å². The Bertz CT molecular complexity index is 560. The first-order chi connectivity index (χ1) is 10.1. The van der Waals surface area contributed by atoms with Crippen LogP contribution in [0.25, 0.3) is 0 Å². The monoisotopic (exact) mass is 312 g/mol. The fraction of sp³-hybridized carbons (Fsp3) is 0.600. The van der Waals surface area contributed by atoms with Crippen molar-refractivity contribution in [3.05, 3.63) is 35.4 Å². The van der Waals surface area contributed by atoms with Crippen molar-refractivity contribution in [2.45, 2.75) is 44.0 Å². The van der Waals surface area contributed by atoms with Crippen LogP contribution >= 0.6 is 0 Å². The fourth-order valence-corrected chi connectivity index (χ4v) is 4.88. The summed E-state index contributed by atoms with van der Waals surface area (Å²) in [4.78, 5) is 0. The summed E-state index contributed by atoms with van der Waals surface area (Å²) in [5, 5.41) is 8.94. The average molecular weight is 312 g/mol. The van der Waals surface area contributed by atoms with Crippen LogP contribution in [-0.4, -0.2) is 37.0 Å². The van der Waals surface area contributed by atoms with Gasteiger partial charge in [0.05, 0.1) is 5.75 Å². The van der Waals surface area contributed by atoms with Gasteiger partial charge in [0.25, 0.3) is 0 Å². The summed E-state index contributed by atoms with van der Waals surface area (Å²) in [6, 6.07) is 7.46. The molecule has 6 heteroatoms. The minimum atomic E-state index is -3.33. The van der Waals surface area contributed by atoms with Crippen LogP contribution in [-0.2, 0) is 22.3 Å². The van der Waals surface area contributed by atoms with Crippen LogP contribution in [0.5, 0.6) is 0 Å². The standard InChI is InChI=1S/C15H24N2O3S/c16-11-13-5-1-2-6-14(13)12-21(19,20)17-9-3-7-15(17)8-4-10-18/h1-2,5-6,15,18H,3-4,7-12,16H2. The van der Waals surface area contributed by atoms with Crippen LogP contribution in [0.15, 0.2) is 24.3 Å². The molecule has 0 aliphatic carbocycles. The molecule has 2 rings (SSSR count). The number of nitrogens with two attached hydrogens (primary N) is 1. The molecule has 1 unspecified atom stereocenters. The molecule has 5 nitrogen and oxygen atoms in total. The second kappa shape index (κ2) is 7.35. The third kappa shape index (κ3) is 4.03. The van der Waals surface area contributed by atoms with E-state index in [1.165, 1.54) is 0 Å². The number of sulfonamides is 1. The van der Waals surface area contributed by atoms with Crippen molar-refractivity contribution in [1.29, 1.82) is 0 Å². The highest BCUT2D eigenvalue weighted by Crippen LogP contribution is 2.27. The van der Waals surface area contributed by atoms with Gasteiger partial charge < -0.3 is 10.8 Å². The molecule has 0 bridgehead atoms. The second-order valence-corrected chi connectivity index (χ2v) is 7.42. The lowest BCUT2D eigenvalue weighted by Gasteiger charge is -2.24. The summed E-state index contributed by atoms with van der Waals surface area (Å²) in [7, 11) is -3.33. The highest BCUT2D eigenvalue weighted by molar-refractivity contribution is 7.88. The summed E-state index contributed by atoms with van der Waals surface area (Å²) in [6.07, 6.45) is 3.16. The third-order valence-corrected chi connectivity index (χ3v) is 5.92. The Morgan fingerprint density at radius 1 is 1.29 bits per heavy atom. The predicted octanol–water partition coefficient (Wildman–Crippen LogP) is 1.21. The minimum Gasteiger partial charge on any atom is -0.396 e. The Balaban J connectivity index is 2.14. The number of benzene rings is 1. The van der Waals surface area contributed by atoms with Gasteiger partial charge >= 0.3 is 0 Å². The van der Waals surface area contributed by atoms with E-state index in [2.05, 4.69) is 0 Å². The third-order valence-electron chi connectivity index (χ3n) is 4.05. The minimum absolute atomic E-state index is 0.00992. The van der Waals surface area contributed by atoms with Crippen molar-refractivity contribution in [3.63, 3.8) is 0 Å². The Morgan fingerprint density at radius 2 is 2.00 bits per heavy atom. The zero-order valence-corrected chi connectivity index (χ0v) is 13.1. The van der Waals surface area contributed by atoms with E-state index in [1.807, 2.05) is 24.3 Å². The van der Waals surface area contributed by atoms with Gasteiger partial charge in [0.1, 0.15) is 0 Å². The van der Waals surface area contributed by atoms with Gasteiger partial charge in [-0.25, -0.2) is 8.42 Å². The molecule has 1 aliphatic heterocycles. The number of hydrogen-bond donors (Lipinski definition) is 2. The van der Waals surface area contributed by atoms with E-state index in [-0.39, 0.29) is 18.4 Å². The molecule has 21 heavy (non-hydrogen) atoms. The molecule has 1 aromatic rings. The van der Waals surface area contributed by atoms with Crippen molar-refractivity contribution in [1.82, 2.24) is 4.31 Å². The number of nitrogens with zero attached hydrogens (tertiary/aromatic N) is 1. The zero-order valence-electron chi connectivity index (χ0n) is 12.2. The lowest BCUT2D eigenvalue weighted by atomic mass is 10.1. The Morgan fingerprint density at radius 3 is 2.67 bits per heavy atom. The highest BCUT2D eigenvalue weighted by Gasteiger charge is 2.33. The molecule has 0 radical (unpaired) electrons. The molecular weight excluding hydrogens is 288 g/mol. The molecule has 118 valence electrons. The molecule has 0 spiro atoms. The molecule has 0 saturated carbocycles. The van der Waals surface area contributed by atoms with Crippen LogP contribution < -0.4 is 5.73 Å². The Labute approximate surface area is 126 Å². The largest absolute Gasteiger partial charge is 0.396 e. The van der Waals surface area contributed by atoms with Gasteiger partial charge in [-0.05, 0) is 36.8 Å². The molecule has 3 N–H and O–H groups in total. The Hall–Kier alpha value is -0.950. The maximum Gasteiger partial charge on any atom is 0.218 e. The summed E-state index contributed by atoms with van der Waals surface area (Å²) >= 11 is 0. The van der Waals surface area contributed by atoms with Crippen molar-refractivity contribution >= 4 is 10.0 Å². The normalized spacial score (nSPS) is 20.0. The molecule has 1 fully saturated rings. The summed E-state index contributed by atoms with van der Waals surface area (Å²) in [5.74, 6) is 0.00992. The number of rotatable bonds is 7. The first kappa shape index (κ1) is 16.4. The molecule has 1 aliphatic rings. The van der Waals surface area contributed by atoms with Gasteiger partial charge in [0, 0.05) is 25.7 Å². The Kier molecular flexibility index (Phi) is 5.75. The van der Waals surface area contributed by atoms with Gasteiger partial charge in [0.15, 0.2) is 0 Å². The van der Waals surface area contributed by atoms with Gasteiger partial charge in [-0.3, -0.25) is 0 Å². The smallest absolute Gasteiger partial charge is 0.218 e. The zero-order chi connectivity index (χ0) is 15.3. The molecular formula is C15H24N2O3S. The molecule has 0 aromatic heterocycles. The maximum atomic E-state index is 12.7. The predicted molar refractivity (Wildman–Crippen MR) is 83.0 cm³/mol. The lowest BCUT2D eigenvalue weighted by Crippen LogP contribution is -2.36. The molecule has 0 amide bonds. The first-order valence-corrected chi connectivity index (χ1v) is 9.06. The first-order valence-electron chi connectivity index (χ1n) is 7.45. The fourth-order valence-electron chi connectivity index (χ4n) is 2.97. The number of aliphatic hydroxyl groups excluding tert-OH is 1. The van der Waals surface area contributed by atoms with Crippen LogP contribution in [0.3, 0.4) is 0 Å². The van der Waals surface area contributed by atoms with E-state index in [0.29, 0.717) is 19.5 Å². The summed E-state index contributed by atoms with van der Waals surface area (Å²) < 4.78 is 27.0. The maximum absolute atomic E-state index is 12.7. The quantitative estimate of drug-likeness (QED) is 0.793. The molecule has 1 saturated heterocycles. The average Bonchev–Trinajstić information content (AvgIpc) is 2.94. The van der Waals surface area contributed by atoms with Crippen molar-refractivity contribution < 1.29 is 13.5 Å². The van der Waals surface area contributed by atoms with E-state index in [0.717, 1.165) is 30.4 Å². The van der Waals surface area contributed by atoms with Gasteiger partial charge in [-0.2, -0.15) is 4.31 Å². The summed E-state index contributed by atoms with van der Waals surface area (Å²) in [6.45, 7) is 1.04. The summed E-state index contributed by atoms with van der Waals surface area (Å²) in [5.41, 5.74) is 7.35. The van der Waals surface area contributed by atoms with E-state index in [1.54, 1.807) is 4.31 Å². The van der Waals surface area contributed by atoms with Crippen molar-refractivity contribution in [2.75, 3.05) is 13.2 Å². The molecule has 1 heterocycles. The van der Waals surface area contributed by atoms with Crippen molar-refractivity contribution in [2.24, 2.45) is 5.73 Å². The molecule has 1 atom stereocenters. The highest BCUT2D eigenvalue weighted by atomic mass is 32.2. The molecule has 1 aromatic carbocycles. The van der Waals surface area contributed by atoms with E-state index in [4.69, 9.17) is 10.8 Å². The van der Waals surface area contributed by atoms with Gasteiger partial charge in [-0.15, -0.1) is 0 Å². The van der Waals surface area contributed by atoms with E-state index < -0.39 is 10.0 Å². The van der Waals surface area contributed by atoms with Gasteiger partial charge in [0.2, 0.25) is 10.0 Å². The van der Waals surface area contributed by atoms with Crippen LogP contribution in [0.1, 0.15) is 36.8 Å². The number of hydrogen-bond acceptors (Lipinski definition) is 4. The number of aliphatic hydroxyl groups is 1. The second-order valence-electron chi connectivity index (χ2n) is 5.50. The van der Waals surface area contributed by atoms with Crippen molar-refractivity contribution in [3.8, 4) is 0 Å². The van der Waals surface area contributed by atoms with Crippen LogP contribution in [0, 0.1) is 0 Å². The SMILES string of the molecule is NCc1ccccc1CS(=O)(=O)N1CCCC1CCCO. The topological polar surface area (TPSA) is 83.6 Å².